The Morgan fingerprint density at radius 1 is 1.41 bits per heavy atom. The monoisotopic (exact) mass is 239 g/mol. The van der Waals surface area contributed by atoms with Crippen LogP contribution in [0.15, 0.2) is 12.2 Å². The van der Waals surface area contributed by atoms with Crippen molar-refractivity contribution in [3.05, 3.63) is 12.2 Å². The van der Waals surface area contributed by atoms with Gasteiger partial charge < -0.3 is 15.1 Å². The van der Waals surface area contributed by atoms with Crippen LogP contribution in [0.5, 0.6) is 0 Å². The van der Waals surface area contributed by atoms with Gasteiger partial charge in [0.05, 0.1) is 0 Å². The van der Waals surface area contributed by atoms with E-state index in [-0.39, 0.29) is 0 Å². The molecule has 0 aromatic carbocycles. The van der Waals surface area contributed by atoms with Crippen LogP contribution in [-0.4, -0.2) is 62.2 Å². The lowest BCUT2D eigenvalue weighted by Crippen LogP contribution is -2.52. The Morgan fingerprint density at radius 2 is 2.12 bits per heavy atom. The summed E-state index contributed by atoms with van der Waals surface area (Å²) in [7, 11) is 4.47. The Balaban J connectivity index is 2.48. The Hall–Kier alpha value is -0.380. The molecule has 1 heterocycles. The van der Waals surface area contributed by atoms with Gasteiger partial charge in [0, 0.05) is 31.7 Å². The standard InChI is InChI=1S/C14H29N3/c1-6-15-13(9-12(2)3)10-14-11-16(4)7-8-17(14)5/h13-15H,2,6-11H2,1,3-5H3. The summed E-state index contributed by atoms with van der Waals surface area (Å²) in [5.41, 5.74) is 1.28. The fourth-order valence-corrected chi connectivity index (χ4v) is 2.63. The molecule has 100 valence electrons. The predicted octanol–water partition coefficient (Wildman–Crippen LogP) is 1.57. The van der Waals surface area contributed by atoms with Crippen LogP contribution in [0, 0.1) is 0 Å². The third kappa shape index (κ3) is 5.19. The van der Waals surface area contributed by atoms with E-state index >= 15 is 0 Å². The van der Waals surface area contributed by atoms with Crippen molar-refractivity contribution in [3.63, 3.8) is 0 Å². The first-order chi connectivity index (χ1) is 8.02. The van der Waals surface area contributed by atoms with Gasteiger partial charge in [0.2, 0.25) is 0 Å². The quantitative estimate of drug-likeness (QED) is 0.710. The van der Waals surface area contributed by atoms with Gasteiger partial charge >= 0.3 is 0 Å². The summed E-state index contributed by atoms with van der Waals surface area (Å²) in [5.74, 6) is 0. The van der Waals surface area contributed by atoms with Gasteiger partial charge in [-0.2, -0.15) is 0 Å². The largest absolute Gasteiger partial charge is 0.314 e. The highest BCUT2D eigenvalue weighted by Gasteiger charge is 2.24. The lowest BCUT2D eigenvalue weighted by atomic mass is 9.98. The maximum absolute atomic E-state index is 4.04. The fourth-order valence-electron chi connectivity index (χ4n) is 2.63. The molecule has 17 heavy (non-hydrogen) atoms. The summed E-state index contributed by atoms with van der Waals surface area (Å²) in [5, 5.41) is 3.59. The molecule has 0 radical (unpaired) electrons. The smallest absolute Gasteiger partial charge is 0.0235 e. The lowest BCUT2D eigenvalue weighted by Gasteiger charge is -2.39. The molecular formula is C14H29N3. The van der Waals surface area contributed by atoms with Gasteiger partial charge in [-0.15, -0.1) is 6.58 Å². The van der Waals surface area contributed by atoms with Gasteiger partial charge in [-0.05, 0) is 40.4 Å². The van der Waals surface area contributed by atoms with Crippen molar-refractivity contribution >= 4 is 0 Å². The van der Waals surface area contributed by atoms with Crippen molar-refractivity contribution in [2.24, 2.45) is 0 Å². The molecule has 1 saturated heterocycles. The average Bonchev–Trinajstić information content (AvgIpc) is 2.23. The minimum atomic E-state index is 0.580. The molecule has 0 aromatic heterocycles. The molecule has 1 rings (SSSR count). The molecule has 1 N–H and O–H groups in total. The molecule has 0 spiro atoms. The first-order valence-corrected chi connectivity index (χ1v) is 6.79. The van der Waals surface area contributed by atoms with Crippen LogP contribution in [0.25, 0.3) is 0 Å². The number of piperazine rings is 1. The van der Waals surface area contributed by atoms with E-state index in [0.29, 0.717) is 12.1 Å². The van der Waals surface area contributed by atoms with Gasteiger partial charge in [-0.25, -0.2) is 0 Å². The van der Waals surface area contributed by atoms with Crippen molar-refractivity contribution in [3.8, 4) is 0 Å². The second-order valence-corrected chi connectivity index (χ2v) is 5.55. The van der Waals surface area contributed by atoms with E-state index in [1.165, 1.54) is 31.6 Å². The van der Waals surface area contributed by atoms with Crippen molar-refractivity contribution in [2.75, 3.05) is 40.3 Å². The van der Waals surface area contributed by atoms with Crippen molar-refractivity contribution in [1.82, 2.24) is 15.1 Å². The highest BCUT2D eigenvalue weighted by atomic mass is 15.3. The van der Waals surface area contributed by atoms with Gasteiger partial charge in [-0.3, -0.25) is 0 Å². The normalized spacial score (nSPS) is 24.8. The van der Waals surface area contributed by atoms with Crippen molar-refractivity contribution < 1.29 is 0 Å². The third-order valence-electron chi connectivity index (χ3n) is 3.62. The highest BCUT2D eigenvalue weighted by Crippen LogP contribution is 2.15. The number of rotatable bonds is 6. The van der Waals surface area contributed by atoms with Crippen LogP contribution in [0.4, 0.5) is 0 Å². The number of hydrogen-bond donors (Lipinski definition) is 1. The third-order valence-corrected chi connectivity index (χ3v) is 3.62. The van der Waals surface area contributed by atoms with Crippen molar-refractivity contribution in [2.45, 2.75) is 38.8 Å². The second kappa shape index (κ2) is 7.14. The Morgan fingerprint density at radius 3 is 2.71 bits per heavy atom. The molecule has 1 aliphatic rings. The molecule has 0 amide bonds. The summed E-state index contributed by atoms with van der Waals surface area (Å²) < 4.78 is 0. The van der Waals surface area contributed by atoms with Gasteiger partial charge in [0.1, 0.15) is 0 Å². The van der Waals surface area contributed by atoms with Crippen LogP contribution >= 0.6 is 0 Å². The first kappa shape index (κ1) is 14.7. The van der Waals surface area contributed by atoms with Crippen LogP contribution in [0.1, 0.15) is 26.7 Å². The summed E-state index contributed by atoms with van der Waals surface area (Å²) in [6, 6.07) is 1.26. The average molecular weight is 239 g/mol. The van der Waals surface area contributed by atoms with E-state index in [1.807, 2.05) is 0 Å². The van der Waals surface area contributed by atoms with E-state index in [2.05, 4.69) is 49.6 Å². The molecule has 0 saturated carbocycles. The number of nitrogens with one attached hydrogen (secondary N) is 1. The minimum absolute atomic E-state index is 0.580. The number of likely N-dealkylation sites (N-methyl/N-ethyl adjacent to an activating group) is 2. The van der Waals surface area contributed by atoms with Gasteiger partial charge in [-0.1, -0.05) is 12.5 Å². The van der Waals surface area contributed by atoms with E-state index in [1.54, 1.807) is 0 Å². The molecule has 0 aliphatic carbocycles. The molecule has 1 aliphatic heterocycles. The zero-order valence-electron chi connectivity index (χ0n) is 12.0. The molecule has 2 atom stereocenters. The predicted molar refractivity (Wildman–Crippen MR) is 75.4 cm³/mol. The minimum Gasteiger partial charge on any atom is -0.314 e. The Labute approximate surface area is 107 Å². The molecule has 2 unspecified atom stereocenters. The fraction of sp³-hybridized carbons (Fsp3) is 0.857. The Kier molecular flexibility index (Phi) is 6.17. The zero-order valence-corrected chi connectivity index (χ0v) is 12.0. The molecule has 1 fully saturated rings. The van der Waals surface area contributed by atoms with Crippen molar-refractivity contribution in [1.29, 1.82) is 0 Å². The second-order valence-electron chi connectivity index (χ2n) is 5.55. The molecular weight excluding hydrogens is 210 g/mol. The van der Waals surface area contributed by atoms with Crippen LogP contribution in [-0.2, 0) is 0 Å². The van der Waals surface area contributed by atoms with Crippen LogP contribution < -0.4 is 5.32 Å². The topological polar surface area (TPSA) is 18.5 Å². The van der Waals surface area contributed by atoms with Gasteiger partial charge in [0.25, 0.3) is 0 Å². The van der Waals surface area contributed by atoms with E-state index in [4.69, 9.17) is 0 Å². The Bertz CT molecular complexity index is 240. The molecule has 0 bridgehead atoms. The maximum Gasteiger partial charge on any atom is 0.0235 e. The number of hydrogen-bond acceptors (Lipinski definition) is 3. The highest BCUT2D eigenvalue weighted by molar-refractivity contribution is 4.95. The summed E-state index contributed by atoms with van der Waals surface area (Å²) in [6.07, 6.45) is 2.32. The SMILES string of the molecule is C=C(C)CC(CC1CN(C)CCN1C)NCC. The summed E-state index contributed by atoms with van der Waals surface area (Å²) in [4.78, 5) is 4.94. The van der Waals surface area contributed by atoms with Gasteiger partial charge in [0.15, 0.2) is 0 Å². The summed E-state index contributed by atoms with van der Waals surface area (Å²) in [6.45, 7) is 13.0. The zero-order chi connectivity index (χ0) is 12.8. The summed E-state index contributed by atoms with van der Waals surface area (Å²) >= 11 is 0. The lowest BCUT2D eigenvalue weighted by molar-refractivity contribution is 0.101. The van der Waals surface area contributed by atoms with E-state index in [0.717, 1.165) is 13.0 Å². The van der Waals surface area contributed by atoms with E-state index in [9.17, 15) is 0 Å². The molecule has 3 nitrogen and oxygen atoms in total. The van der Waals surface area contributed by atoms with E-state index < -0.39 is 0 Å². The van der Waals surface area contributed by atoms with Crippen LogP contribution in [0.3, 0.4) is 0 Å². The molecule has 3 heteroatoms. The first-order valence-electron chi connectivity index (χ1n) is 6.79. The van der Waals surface area contributed by atoms with Crippen LogP contribution in [0.2, 0.25) is 0 Å². The molecule has 0 aromatic rings. The maximum atomic E-state index is 4.04. The number of nitrogens with zero attached hydrogens (tertiary/aromatic N) is 2.